The molecule has 0 unspecified atom stereocenters. The highest BCUT2D eigenvalue weighted by atomic mass is 16.5. The van der Waals surface area contributed by atoms with Crippen molar-refractivity contribution < 1.29 is 14.3 Å². The molecule has 0 N–H and O–H groups in total. The largest absolute Gasteiger partial charge is 0.427 e. The zero-order valence-electron chi connectivity index (χ0n) is 15.1. The summed E-state index contributed by atoms with van der Waals surface area (Å²) in [7, 11) is 0. The van der Waals surface area contributed by atoms with Gasteiger partial charge in [0.15, 0.2) is 5.78 Å². The number of ketones is 1. The van der Waals surface area contributed by atoms with Gasteiger partial charge in [-0.1, -0.05) is 69.0 Å². The Bertz CT molecular complexity index is 684. The molecule has 25 heavy (non-hydrogen) atoms. The third-order valence-corrected chi connectivity index (χ3v) is 4.16. The number of benzene rings is 2. The maximum absolute atomic E-state index is 12.2. The smallest absolute Gasteiger partial charge is 0.308 e. The second-order valence-corrected chi connectivity index (χ2v) is 6.28. The van der Waals surface area contributed by atoms with E-state index in [1.54, 1.807) is 12.1 Å². The number of hydrogen-bond acceptors (Lipinski definition) is 3. The molecule has 0 atom stereocenters. The van der Waals surface area contributed by atoms with Gasteiger partial charge in [0.25, 0.3) is 0 Å². The van der Waals surface area contributed by atoms with E-state index in [-0.39, 0.29) is 11.8 Å². The van der Waals surface area contributed by atoms with Crippen molar-refractivity contribution in [1.82, 2.24) is 0 Å². The topological polar surface area (TPSA) is 43.4 Å². The van der Waals surface area contributed by atoms with Crippen molar-refractivity contribution in [3.63, 3.8) is 0 Å². The third-order valence-electron chi connectivity index (χ3n) is 4.16. The molecule has 0 saturated carbocycles. The normalized spacial score (nSPS) is 10.5. The molecule has 0 saturated heterocycles. The standard InChI is InChI=1S/C22H26O3/c1-3-4-5-6-7-8-22(24)20-11-9-18(10-12-20)19-13-15-21(16-14-19)25-17(2)23/h9-16H,3-8H2,1-2H3. The maximum Gasteiger partial charge on any atom is 0.308 e. The Morgan fingerprint density at radius 2 is 1.36 bits per heavy atom. The summed E-state index contributed by atoms with van der Waals surface area (Å²) in [5, 5.41) is 0. The Kier molecular flexibility index (Phi) is 7.39. The van der Waals surface area contributed by atoms with Gasteiger partial charge >= 0.3 is 5.97 Å². The molecule has 2 aromatic rings. The summed E-state index contributed by atoms with van der Waals surface area (Å²) in [6, 6.07) is 15.1. The minimum atomic E-state index is -0.328. The minimum Gasteiger partial charge on any atom is -0.427 e. The van der Waals surface area contributed by atoms with E-state index in [0.29, 0.717) is 12.2 Å². The predicted molar refractivity (Wildman–Crippen MR) is 101 cm³/mol. The molecule has 0 heterocycles. The molecule has 0 aliphatic heterocycles. The molecule has 0 aliphatic carbocycles. The number of Topliss-reactive ketones (excluding diaryl/α,β-unsaturated/α-hetero) is 1. The molecular weight excluding hydrogens is 312 g/mol. The molecule has 0 aromatic heterocycles. The Labute approximate surface area is 150 Å². The molecule has 0 spiro atoms. The Morgan fingerprint density at radius 1 is 0.800 bits per heavy atom. The SMILES string of the molecule is CCCCCCCC(=O)c1ccc(-c2ccc(OC(C)=O)cc2)cc1. The number of rotatable bonds is 9. The lowest BCUT2D eigenvalue weighted by atomic mass is 10.00. The highest BCUT2D eigenvalue weighted by Gasteiger charge is 2.06. The van der Waals surface area contributed by atoms with Gasteiger partial charge in [-0.2, -0.15) is 0 Å². The highest BCUT2D eigenvalue weighted by Crippen LogP contribution is 2.23. The van der Waals surface area contributed by atoms with Gasteiger partial charge < -0.3 is 4.74 Å². The number of carbonyl (C=O) groups is 2. The maximum atomic E-state index is 12.2. The average molecular weight is 338 g/mol. The first-order valence-electron chi connectivity index (χ1n) is 9.02. The van der Waals surface area contributed by atoms with Crippen LogP contribution in [-0.2, 0) is 4.79 Å². The summed E-state index contributed by atoms with van der Waals surface area (Å²) in [4.78, 5) is 23.2. The lowest BCUT2D eigenvalue weighted by Gasteiger charge is -2.06. The van der Waals surface area contributed by atoms with Crippen LogP contribution in [0.4, 0.5) is 0 Å². The monoisotopic (exact) mass is 338 g/mol. The molecule has 3 heteroatoms. The molecule has 132 valence electrons. The van der Waals surface area contributed by atoms with Gasteiger partial charge in [-0.15, -0.1) is 0 Å². The van der Waals surface area contributed by atoms with Crippen molar-refractivity contribution in [2.24, 2.45) is 0 Å². The average Bonchev–Trinajstić information content (AvgIpc) is 2.62. The van der Waals surface area contributed by atoms with Crippen molar-refractivity contribution in [3.05, 3.63) is 54.1 Å². The van der Waals surface area contributed by atoms with Gasteiger partial charge in [-0.3, -0.25) is 9.59 Å². The first kappa shape index (κ1) is 18.9. The quantitative estimate of drug-likeness (QED) is 0.250. The Hall–Kier alpha value is -2.42. The van der Waals surface area contributed by atoms with Crippen LogP contribution in [0.25, 0.3) is 11.1 Å². The molecule has 0 bridgehead atoms. The van der Waals surface area contributed by atoms with Crippen LogP contribution in [0.2, 0.25) is 0 Å². The van der Waals surface area contributed by atoms with Crippen LogP contribution in [0.3, 0.4) is 0 Å². The summed E-state index contributed by atoms with van der Waals surface area (Å²) in [5.74, 6) is 0.421. The van der Waals surface area contributed by atoms with E-state index in [2.05, 4.69) is 6.92 Å². The lowest BCUT2D eigenvalue weighted by Crippen LogP contribution is -2.00. The number of carbonyl (C=O) groups excluding carboxylic acids is 2. The zero-order chi connectivity index (χ0) is 18.1. The number of hydrogen-bond donors (Lipinski definition) is 0. The molecule has 0 radical (unpaired) electrons. The van der Waals surface area contributed by atoms with Crippen LogP contribution in [0.5, 0.6) is 5.75 Å². The fraction of sp³-hybridized carbons (Fsp3) is 0.364. The van der Waals surface area contributed by atoms with Gasteiger partial charge in [0, 0.05) is 18.9 Å². The summed E-state index contributed by atoms with van der Waals surface area (Å²) < 4.78 is 5.03. The van der Waals surface area contributed by atoms with E-state index >= 15 is 0 Å². The number of unbranched alkanes of at least 4 members (excludes halogenated alkanes) is 4. The Balaban J connectivity index is 1.92. The van der Waals surface area contributed by atoms with Crippen molar-refractivity contribution in [1.29, 1.82) is 0 Å². The molecule has 0 amide bonds. The summed E-state index contributed by atoms with van der Waals surface area (Å²) in [5.41, 5.74) is 2.83. The number of esters is 1. The fourth-order valence-electron chi connectivity index (χ4n) is 2.76. The fourth-order valence-corrected chi connectivity index (χ4v) is 2.76. The van der Waals surface area contributed by atoms with Gasteiger partial charge in [-0.25, -0.2) is 0 Å². The summed E-state index contributed by atoms with van der Waals surface area (Å²) >= 11 is 0. The van der Waals surface area contributed by atoms with Gasteiger partial charge in [0.05, 0.1) is 0 Å². The van der Waals surface area contributed by atoms with Crippen LogP contribution in [0.15, 0.2) is 48.5 Å². The van der Waals surface area contributed by atoms with E-state index in [1.165, 1.54) is 26.2 Å². The van der Waals surface area contributed by atoms with Crippen molar-refractivity contribution in [2.75, 3.05) is 0 Å². The molecule has 0 aliphatic rings. The van der Waals surface area contributed by atoms with Crippen LogP contribution in [0, 0.1) is 0 Å². The minimum absolute atomic E-state index is 0.216. The van der Waals surface area contributed by atoms with Crippen molar-refractivity contribution in [3.8, 4) is 16.9 Å². The third kappa shape index (κ3) is 6.18. The van der Waals surface area contributed by atoms with Gasteiger partial charge in [-0.05, 0) is 29.7 Å². The van der Waals surface area contributed by atoms with Crippen molar-refractivity contribution in [2.45, 2.75) is 52.4 Å². The van der Waals surface area contributed by atoms with Crippen molar-refractivity contribution >= 4 is 11.8 Å². The first-order valence-corrected chi connectivity index (χ1v) is 9.02. The van der Waals surface area contributed by atoms with E-state index in [4.69, 9.17) is 4.74 Å². The van der Waals surface area contributed by atoms with Gasteiger partial charge in [0.1, 0.15) is 5.75 Å². The second kappa shape index (κ2) is 9.77. The molecule has 0 fully saturated rings. The summed E-state index contributed by atoms with van der Waals surface area (Å²) in [6.07, 6.45) is 6.41. The van der Waals surface area contributed by atoms with Crippen LogP contribution in [0.1, 0.15) is 62.7 Å². The van der Waals surface area contributed by atoms with Crippen LogP contribution in [-0.4, -0.2) is 11.8 Å². The molecular formula is C22H26O3. The predicted octanol–water partition coefficient (Wildman–Crippen LogP) is 5.82. The molecule has 3 nitrogen and oxygen atoms in total. The summed E-state index contributed by atoms with van der Waals surface area (Å²) in [6.45, 7) is 3.57. The van der Waals surface area contributed by atoms with Crippen LogP contribution >= 0.6 is 0 Å². The highest BCUT2D eigenvalue weighted by molar-refractivity contribution is 5.96. The Morgan fingerprint density at radius 3 is 1.92 bits per heavy atom. The molecule has 2 rings (SSSR count). The zero-order valence-corrected chi connectivity index (χ0v) is 15.1. The molecule has 2 aromatic carbocycles. The lowest BCUT2D eigenvalue weighted by molar-refractivity contribution is -0.131. The van der Waals surface area contributed by atoms with Gasteiger partial charge in [0.2, 0.25) is 0 Å². The van der Waals surface area contributed by atoms with E-state index < -0.39 is 0 Å². The number of ether oxygens (including phenoxy) is 1. The van der Waals surface area contributed by atoms with E-state index in [0.717, 1.165) is 29.5 Å². The van der Waals surface area contributed by atoms with E-state index in [9.17, 15) is 9.59 Å². The first-order chi connectivity index (χ1) is 12.1. The van der Waals surface area contributed by atoms with Crippen LogP contribution < -0.4 is 4.74 Å². The second-order valence-electron chi connectivity index (χ2n) is 6.28. The van der Waals surface area contributed by atoms with E-state index in [1.807, 2.05) is 36.4 Å².